The van der Waals surface area contributed by atoms with Crippen molar-refractivity contribution >= 4 is 5.65 Å². The van der Waals surface area contributed by atoms with Gasteiger partial charge in [0, 0.05) is 18.8 Å². The Hall–Kier alpha value is -1.46. The van der Waals surface area contributed by atoms with Crippen molar-refractivity contribution < 1.29 is 4.74 Å². The third-order valence-corrected chi connectivity index (χ3v) is 4.04. The molecule has 0 spiro atoms. The van der Waals surface area contributed by atoms with Gasteiger partial charge < -0.3 is 10.1 Å². The summed E-state index contributed by atoms with van der Waals surface area (Å²) in [5, 5.41) is 12.2. The number of aromatic nitrogens is 3. The summed E-state index contributed by atoms with van der Waals surface area (Å²) < 4.78 is 7.78. The first-order chi connectivity index (χ1) is 9.78. The number of pyridine rings is 1. The number of hydrogen-bond donors (Lipinski definition) is 1. The summed E-state index contributed by atoms with van der Waals surface area (Å²) in [5.41, 5.74) is 0.898. The smallest absolute Gasteiger partial charge is 0.160 e. The number of nitrogens with one attached hydrogen (secondary N) is 1. The number of ether oxygens (including phenoxy) is 1. The molecule has 3 atom stereocenters. The average Bonchev–Trinajstić information content (AvgIpc) is 2.91. The van der Waals surface area contributed by atoms with Crippen LogP contribution >= 0.6 is 0 Å². The Kier molecular flexibility index (Phi) is 3.98. The van der Waals surface area contributed by atoms with E-state index in [0.717, 1.165) is 37.3 Å². The minimum absolute atomic E-state index is 0.188. The molecule has 3 rings (SSSR count). The van der Waals surface area contributed by atoms with E-state index >= 15 is 0 Å². The fraction of sp³-hybridized carbons (Fsp3) is 0.600. The summed E-state index contributed by atoms with van der Waals surface area (Å²) in [4.78, 5) is 0. The molecule has 0 aromatic carbocycles. The Labute approximate surface area is 119 Å². The van der Waals surface area contributed by atoms with Gasteiger partial charge in [0.25, 0.3) is 0 Å². The average molecular weight is 274 g/mol. The van der Waals surface area contributed by atoms with Gasteiger partial charge in [0.15, 0.2) is 11.5 Å². The van der Waals surface area contributed by atoms with E-state index in [1.54, 1.807) is 0 Å². The van der Waals surface area contributed by atoms with Gasteiger partial charge in [-0.15, -0.1) is 10.2 Å². The highest BCUT2D eigenvalue weighted by Crippen LogP contribution is 2.20. The SMILES string of the molecule is CCC1CC(NC(C)c2nnc3ccccn23)CCO1. The highest BCUT2D eigenvalue weighted by Gasteiger charge is 2.24. The lowest BCUT2D eigenvalue weighted by atomic mass is 10.0. The first kappa shape index (κ1) is 13.5. The Morgan fingerprint density at radius 2 is 2.35 bits per heavy atom. The van der Waals surface area contributed by atoms with Crippen molar-refractivity contribution in [2.24, 2.45) is 0 Å². The van der Waals surface area contributed by atoms with E-state index in [2.05, 4.69) is 29.4 Å². The van der Waals surface area contributed by atoms with Gasteiger partial charge in [-0.05, 0) is 38.3 Å². The van der Waals surface area contributed by atoms with Gasteiger partial charge in [-0.1, -0.05) is 13.0 Å². The zero-order valence-electron chi connectivity index (χ0n) is 12.1. The zero-order chi connectivity index (χ0) is 13.9. The maximum absolute atomic E-state index is 5.73. The van der Waals surface area contributed by atoms with E-state index in [1.807, 2.05) is 28.8 Å². The van der Waals surface area contributed by atoms with Crippen LogP contribution < -0.4 is 5.32 Å². The van der Waals surface area contributed by atoms with Crippen molar-refractivity contribution in [2.45, 2.75) is 51.3 Å². The molecule has 5 nitrogen and oxygen atoms in total. The van der Waals surface area contributed by atoms with E-state index in [1.165, 1.54) is 0 Å². The Bertz CT molecular complexity index is 568. The zero-order valence-corrected chi connectivity index (χ0v) is 12.1. The van der Waals surface area contributed by atoms with Crippen molar-refractivity contribution in [2.75, 3.05) is 6.61 Å². The largest absolute Gasteiger partial charge is 0.378 e. The molecule has 1 aliphatic rings. The van der Waals surface area contributed by atoms with Crippen LogP contribution in [-0.4, -0.2) is 33.4 Å². The molecule has 5 heteroatoms. The van der Waals surface area contributed by atoms with Crippen LogP contribution in [0.25, 0.3) is 5.65 Å². The van der Waals surface area contributed by atoms with Crippen LogP contribution in [0, 0.1) is 0 Å². The van der Waals surface area contributed by atoms with Crippen molar-refractivity contribution in [1.82, 2.24) is 19.9 Å². The maximum Gasteiger partial charge on any atom is 0.160 e. The summed E-state index contributed by atoms with van der Waals surface area (Å²) in [6, 6.07) is 6.66. The number of hydrogen-bond acceptors (Lipinski definition) is 4. The van der Waals surface area contributed by atoms with Crippen LogP contribution in [0.3, 0.4) is 0 Å². The molecule has 3 unspecified atom stereocenters. The molecule has 0 amide bonds. The molecule has 1 aliphatic heterocycles. The van der Waals surface area contributed by atoms with E-state index in [0.29, 0.717) is 12.1 Å². The molecule has 0 saturated carbocycles. The summed E-state index contributed by atoms with van der Waals surface area (Å²) >= 11 is 0. The second-order valence-corrected chi connectivity index (χ2v) is 5.50. The molecular weight excluding hydrogens is 252 g/mol. The summed E-state index contributed by atoms with van der Waals surface area (Å²) in [6.45, 7) is 5.19. The maximum atomic E-state index is 5.73. The van der Waals surface area contributed by atoms with Crippen LogP contribution in [0.15, 0.2) is 24.4 Å². The third kappa shape index (κ3) is 2.69. The molecule has 2 aromatic rings. The van der Waals surface area contributed by atoms with Gasteiger partial charge >= 0.3 is 0 Å². The first-order valence-corrected chi connectivity index (χ1v) is 7.45. The summed E-state index contributed by atoms with van der Waals surface area (Å²) in [7, 11) is 0. The molecule has 108 valence electrons. The predicted octanol–water partition coefficient (Wildman–Crippen LogP) is 2.34. The number of fused-ring (bicyclic) bond motifs is 1. The second kappa shape index (κ2) is 5.89. The lowest BCUT2D eigenvalue weighted by molar-refractivity contribution is -0.00183. The van der Waals surface area contributed by atoms with Crippen LogP contribution in [0.1, 0.15) is 45.0 Å². The van der Waals surface area contributed by atoms with Crippen LogP contribution in [0.4, 0.5) is 0 Å². The van der Waals surface area contributed by atoms with Gasteiger partial charge in [-0.25, -0.2) is 0 Å². The standard InChI is InChI=1S/C15H22N4O/c1-3-13-10-12(7-9-20-13)16-11(2)15-18-17-14-6-4-5-8-19(14)15/h4-6,8,11-13,16H,3,7,9-10H2,1-2H3. The van der Waals surface area contributed by atoms with Crippen LogP contribution in [0.2, 0.25) is 0 Å². The van der Waals surface area contributed by atoms with E-state index in [4.69, 9.17) is 4.74 Å². The molecule has 1 N–H and O–H groups in total. The number of rotatable bonds is 4. The third-order valence-electron chi connectivity index (χ3n) is 4.04. The quantitative estimate of drug-likeness (QED) is 0.929. The highest BCUT2D eigenvalue weighted by molar-refractivity contribution is 5.37. The summed E-state index contributed by atoms with van der Waals surface area (Å²) in [6.07, 6.45) is 5.64. The molecule has 3 heterocycles. The topological polar surface area (TPSA) is 51.5 Å². The van der Waals surface area contributed by atoms with E-state index < -0.39 is 0 Å². The van der Waals surface area contributed by atoms with Crippen molar-refractivity contribution in [1.29, 1.82) is 0 Å². The molecule has 1 fully saturated rings. The predicted molar refractivity (Wildman–Crippen MR) is 77.6 cm³/mol. The van der Waals surface area contributed by atoms with E-state index in [-0.39, 0.29) is 6.04 Å². The molecule has 0 radical (unpaired) electrons. The Morgan fingerprint density at radius 3 is 3.20 bits per heavy atom. The van der Waals surface area contributed by atoms with Gasteiger partial charge in [-0.3, -0.25) is 4.40 Å². The van der Waals surface area contributed by atoms with Gasteiger partial charge in [0.05, 0.1) is 12.1 Å². The van der Waals surface area contributed by atoms with Gasteiger partial charge in [0.1, 0.15) is 0 Å². The molecule has 20 heavy (non-hydrogen) atoms. The van der Waals surface area contributed by atoms with Gasteiger partial charge in [-0.2, -0.15) is 0 Å². The van der Waals surface area contributed by atoms with E-state index in [9.17, 15) is 0 Å². The lowest BCUT2D eigenvalue weighted by Gasteiger charge is -2.31. The molecule has 2 aromatic heterocycles. The normalized spacial score (nSPS) is 24.9. The molecule has 0 aliphatic carbocycles. The Balaban J connectivity index is 1.71. The Morgan fingerprint density at radius 1 is 1.45 bits per heavy atom. The first-order valence-electron chi connectivity index (χ1n) is 7.45. The molecule has 1 saturated heterocycles. The monoisotopic (exact) mass is 274 g/mol. The van der Waals surface area contributed by atoms with Crippen LogP contribution in [0.5, 0.6) is 0 Å². The van der Waals surface area contributed by atoms with Crippen molar-refractivity contribution in [3.63, 3.8) is 0 Å². The minimum atomic E-state index is 0.188. The number of nitrogens with zero attached hydrogens (tertiary/aromatic N) is 3. The van der Waals surface area contributed by atoms with Crippen molar-refractivity contribution in [3.05, 3.63) is 30.2 Å². The second-order valence-electron chi connectivity index (χ2n) is 5.50. The lowest BCUT2D eigenvalue weighted by Crippen LogP contribution is -2.40. The fourth-order valence-electron chi connectivity index (χ4n) is 2.90. The molecule has 0 bridgehead atoms. The fourth-order valence-corrected chi connectivity index (χ4v) is 2.90. The molecular formula is C15H22N4O. The van der Waals surface area contributed by atoms with Crippen LogP contribution in [-0.2, 0) is 4.74 Å². The summed E-state index contributed by atoms with van der Waals surface area (Å²) in [5.74, 6) is 0.972. The van der Waals surface area contributed by atoms with Gasteiger partial charge in [0.2, 0.25) is 0 Å². The van der Waals surface area contributed by atoms with Crippen molar-refractivity contribution in [3.8, 4) is 0 Å². The highest BCUT2D eigenvalue weighted by atomic mass is 16.5. The minimum Gasteiger partial charge on any atom is -0.378 e.